The van der Waals surface area contributed by atoms with Gasteiger partial charge in [0, 0.05) is 24.3 Å². The highest BCUT2D eigenvalue weighted by atomic mass is 79.9. The van der Waals surface area contributed by atoms with Crippen molar-refractivity contribution in [2.75, 3.05) is 5.32 Å². The fourth-order valence-corrected chi connectivity index (χ4v) is 1.81. The zero-order chi connectivity index (χ0) is 13.1. The molecule has 0 atom stereocenters. The van der Waals surface area contributed by atoms with Crippen molar-refractivity contribution in [3.63, 3.8) is 0 Å². The second-order valence-electron chi connectivity index (χ2n) is 3.64. The second kappa shape index (κ2) is 5.14. The second-order valence-corrected chi connectivity index (χ2v) is 4.49. The van der Waals surface area contributed by atoms with E-state index >= 15 is 0 Å². The van der Waals surface area contributed by atoms with E-state index in [0.29, 0.717) is 15.7 Å². The molecule has 2 N–H and O–H groups in total. The number of nitrogens with zero attached hydrogens (tertiary/aromatic N) is 1. The Morgan fingerprint density at radius 2 is 2.22 bits per heavy atom. The van der Waals surface area contributed by atoms with E-state index in [9.17, 15) is 9.59 Å². The molecule has 18 heavy (non-hydrogen) atoms. The number of aryl methyl sites for hydroxylation is 1. The monoisotopic (exact) mass is 307 g/mol. The van der Waals surface area contributed by atoms with Gasteiger partial charge in [-0.2, -0.15) is 0 Å². The molecule has 2 aromatic heterocycles. The van der Waals surface area contributed by atoms with Gasteiger partial charge in [-0.3, -0.25) is 14.6 Å². The minimum atomic E-state index is -0.357. The largest absolute Gasteiger partial charge is 0.365 e. The van der Waals surface area contributed by atoms with Crippen molar-refractivity contribution in [3.05, 3.63) is 56.7 Å². The van der Waals surface area contributed by atoms with Crippen LogP contribution in [-0.2, 0) is 0 Å². The first-order chi connectivity index (χ1) is 8.59. The molecule has 0 saturated heterocycles. The first kappa shape index (κ1) is 12.5. The number of pyridine rings is 2. The van der Waals surface area contributed by atoms with E-state index in [1.165, 1.54) is 12.4 Å². The maximum atomic E-state index is 12.0. The Morgan fingerprint density at radius 1 is 1.44 bits per heavy atom. The summed E-state index contributed by atoms with van der Waals surface area (Å²) in [6, 6.07) is 3.33. The van der Waals surface area contributed by atoms with Gasteiger partial charge in [-0.25, -0.2) is 0 Å². The minimum absolute atomic E-state index is 0.192. The first-order valence-corrected chi connectivity index (χ1v) is 5.98. The fraction of sp³-hybridized carbons (Fsp3) is 0.0833. The summed E-state index contributed by atoms with van der Waals surface area (Å²) < 4.78 is 0.364. The highest BCUT2D eigenvalue weighted by Gasteiger charge is 2.11. The van der Waals surface area contributed by atoms with E-state index in [1.807, 2.05) is 0 Å². The lowest BCUT2D eigenvalue weighted by Gasteiger charge is -2.06. The smallest absolute Gasteiger partial charge is 0.257 e. The molecule has 0 aliphatic carbocycles. The molecular formula is C12H10BrN3O2. The van der Waals surface area contributed by atoms with Crippen molar-refractivity contribution in [1.82, 2.24) is 9.97 Å². The molecule has 0 saturated carbocycles. The summed E-state index contributed by atoms with van der Waals surface area (Å²) in [4.78, 5) is 30.5. The molecule has 6 heteroatoms. The summed E-state index contributed by atoms with van der Waals surface area (Å²) in [7, 11) is 0. The Bertz CT molecular complexity index is 652. The molecule has 0 spiro atoms. The predicted molar refractivity (Wildman–Crippen MR) is 71.7 cm³/mol. The molecule has 0 unspecified atom stereocenters. The molecule has 0 fully saturated rings. The average molecular weight is 308 g/mol. The van der Waals surface area contributed by atoms with Gasteiger partial charge in [0.1, 0.15) is 5.69 Å². The van der Waals surface area contributed by atoms with Gasteiger partial charge in [0.15, 0.2) is 0 Å². The number of halogens is 1. The average Bonchev–Trinajstić information content (AvgIpc) is 2.35. The number of anilines is 1. The third-order valence-electron chi connectivity index (χ3n) is 2.40. The molecule has 0 aliphatic rings. The maximum absolute atomic E-state index is 12.0. The predicted octanol–water partition coefficient (Wildman–Crippen LogP) is 2.09. The van der Waals surface area contributed by atoms with Gasteiger partial charge in [-0.05, 0) is 35.0 Å². The standard InChI is InChI=1S/C12H10BrN3O2/c1-7-8(3-2-4-15-7)12(18)16-10-6-14-5-9(13)11(10)17/h2-6H,1H3,(H,14,17)(H,16,18). The van der Waals surface area contributed by atoms with Crippen molar-refractivity contribution in [1.29, 1.82) is 0 Å². The highest BCUT2D eigenvalue weighted by molar-refractivity contribution is 9.10. The normalized spacial score (nSPS) is 10.1. The van der Waals surface area contributed by atoms with Crippen molar-refractivity contribution in [3.8, 4) is 0 Å². The van der Waals surface area contributed by atoms with Crippen molar-refractivity contribution < 1.29 is 4.79 Å². The number of H-pyrrole nitrogens is 1. The van der Waals surface area contributed by atoms with Crippen LogP contribution in [0.1, 0.15) is 16.1 Å². The van der Waals surface area contributed by atoms with Gasteiger partial charge in [0.2, 0.25) is 5.43 Å². The lowest BCUT2D eigenvalue weighted by Crippen LogP contribution is -2.19. The van der Waals surface area contributed by atoms with Gasteiger partial charge >= 0.3 is 0 Å². The Morgan fingerprint density at radius 3 is 2.94 bits per heavy atom. The van der Waals surface area contributed by atoms with Crippen LogP contribution in [0.3, 0.4) is 0 Å². The lowest BCUT2D eigenvalue weighted by molar-refractivity contribution is 0.102. The van der Waals surface area contributed by atoms with E-state index in [2.05, 4.69) is 31.2 Å². The van der Waals surface area contributed by atoms with E-state index in [1.54, 1.807) is 25.3 Å². The summed E-state index contributed by atoms with van der Waals surface area (Å²) >= 11 is 3.10. The molecule has 0 aromatic carbocycles. The molecule has 2 rings (SSSR count). The number of aromatic nitrogens is 2. The maximum Gasteiger partial charge on any atom is 0.257 e. The number of hydrogen-bond donors (Lipinski definition) is 2. The summed E-state index contributed by atoms with van der Waals surface area (Å²) in [6.45, 7) is 1.74. The molecule has 0 aliphatic heterocycles. The van der Waals surface area contributed by atoms with Gasteiger partial charge < -0.3 is 10.3 Å². The third-order valence-corrected chi connectivity index (χ3v) is 2.99. The van der Waals surface area contributed by atoms with Gasteiger partial charge in [0.05, 0.1) is 10.0 Å². The number of carbonyl (C=O) groups excluding carboxylic acids is 1. The van der Waals surface area contributed by atoms with E-state index in [0.717, 1.165) is 0 Å². The van der Waals surface area contributed by atoms with Gasteiger partial charge in [-0.1, -0.05) is 0 Å². The number of hydrogen-bond acceptors (Lipinski definition) is 3. The van der Waals surface area contributed by atoms with Crippen molar-refractivity contribution >= 4 is 27.5 Å². The summed E-state index contributed by atoms with van der Waals surface area (Å²) in [6.07, 6.45) is 4.56. The van der Waals surface area contributed by atoms with Crippen LogP contribution in [0, 0.1) is 6.92 Å². The zero-order valence-corrected chi connectivity index (χ0v) is 11.1. The zero-order valence-electron chi connectivity index (χ0n) is 9.53. The number of aromatic amines is 1. The van der Waals surface area contributed by atoms with Gasteiger partial charge in [0.25, 0.3) is 5.91 Å². The first-order valence-electron chi connectivity index (χ1n) is 5.19. The van der Waals surface area contributed by atoms with Crippen LogP contribution in [0.15, 0.2) is 40.0 Å². The molecule has 0 radical (unpaired) electrons. The van der Waals surface area contributed by atoms with E-state index in [4.69, 9.17) is 0 Å². The number of carbonyl (C=O) groups is 1. The van der Waals surface area contributed by atoms with Crippen molar-refractivity contribution in [2.45, 2.75) is 6.92 Å². The highest BCUT2D eigenvalue weighted by Crippen LogP contribution is 2.09. The molecule has 1 amide bonds. The number of amides is 1. The van der Waals surface area contributed by atoms with Crippen molar-refractivity contribution in [2.24, 2.45) is 0 Å². The molecule has 5 nitrogen and oxygen atoms in total. The van der Waals surface area contributed by atoms with Crippen LogP contribution in [0.2, 0.25) is 0 Å². The lowest BCUT2D eigenvalue weighted by atomic mass is 10.2. The Kier molecular flexibility index (Phi) is 3.57. The van der Waals surface area contributed by atoms with Crippen LogP contribution in [-0.4, -0.2) is 15.9 Å². The Balaban J connectivity index is 2.30. The minimum Gasteiger partial charge on any atom is -0.365 e. The van der Waals surface area contributed by atoms with Crippen LogP contribution in [0.25, 0.3) is 0 Å². The SMILES string of the molecule is Cc1ncccc1C(=O)Nc1c[nH]cc(Br)c1=O. The molecule has 2 heterocycles. The molecule has 0 bridgehead atoms. The molecular weight excluding hydrogens is 298 g/mol. The Labute approximate surface area is 111 Å². The van der Waals surface area contributed by atoms with E-state index in [-0.39, 0.29) is 17.0 Å². The van der Waals surface area contributed by atoms with Crippen LogP contribution >= 0.6 is 15.9 Å². The quantitative estimate of drug-likeness (QED) is 0.892. The van der Waals surface area contributed by atoms with Gasteiger partial charge in [-0.15, -0.1) is 0 Å². The number of nitrogens with one attached hydrogen (secondary N) is 2. The fourth-order valence-electron chi connectivity index (χ4n) is 1.46. The third kappa shape index (κ3) is 2.48. The summed E-state index contributed by atoms with van der Waals surface area (Å²) in [5.74, 6) is -0.357. The summed E-state index contributed by atoms with van der Waals surface area (Å²) in [5, 5.41) is 2.56. The topological polar surface area (TPSA) is 74.8 Å². The molecule has 92 valence electrons. The van der Waals surface area contributed by atoms with Crippen LogP contribution in [0.4, 0.5) is 5.69 Å². The van der Waals surface area contributed by atoms with Crippen LogP contribution < -0.4 is 10.7 Å². The molecule has 2 aromatic rings. The summed E-state index contributed by atoms with van der Waals surface area (Å²) in [5.41, 5.74) is 0.972. The Hall–Kier alpha value is -1.95. The van der Waals surface area contributed by atoms with E-state index < -0.39 is 0 Å². The number of rotatable bonds is 2. The van der Waals surface area contributed by atoms with Crippen LogP contribution in [0.5, 0.6) is 0 Å².